The van der Waals surface area contributed by atoms with Gasteiger partial charge < -0.3 is 19.9 Å². The van der Waals surface area contributed by atoms with Gasteiger partial charge in [0, 0.05) is 52.6 Å². The summed E-state index contributed by atoms with van der Waals surface area (Å²) < 4.78 is 12.3. The lowest BCUT2D eigenvalue weighted by Crippen LogP contribution is -2.49. The number of rotatable bonds is 14. The number of aliphatic imine (C=N–C) groups is 1. The molecule has 4 aromatic rings. The Bertz CT molecular complexity index is 1910. The third-order valence-corrected chi connectivity index (χ3v) is 8.46. The van der Waals surface area contributed by atoms with E-state index >= 15 is 0 Å². The van der Waals surface area contributed by atoms with Gasteiger partial charge >= 0.3 is 0 Å². The summed E-state index contributed by atoms with van der Waals surface area (Å²) in [5, 5.41) is 20.5. The predicted molar refractivity (Wildman–Crippen MR) is 183 cm³/mol. The van der Waals surface area contributed by atoms with E-state index < -0.39 is 17.6 Å². The molecule has 0 aliphatic carbocycles. The standard InChI is InChI=1S/C34H30Cl2N8O4/c35-28-15-10-22(18-29(28)36)20-39-33(46)34(19-24-6-1-2-7-25(24)21-40-43-37)31(27-8-3-4-9-30(27)42-44-38)48-32(41-34)23-11-13-26(14-12-23)47-17-5-16-45/h1-4,6-15,18,31,45H,5,16-17,19-21H2,(H,39,46)/t31-,34-/m1/s1. The van der Waals surface area contributed by atoms with Crippen molar-refractivity contribution in [2.45, 2.75) is 37.6 Å². The van der Waals surface area contributed by atoms with E-state index in [4.69, 9.17) is 48.3 Å². The summed E-state index contributed by atoms with van der Waals surface area (Å²) in [5.74, 6) is 0.315. The summed E-state index contributed by atoms with van der Waals surface area (Å²) in [6, 6.07) is 26.3. The van der Waals surface area contributed by atoms with Crippen molar-refractivity contribution < 1.29 is 19.4 Å². The minimum atomic E-state index is -1.63. The van der Waals surface area contributed by atoms with E-state index in [1.165, 1.54) is 0 Å². The first-order valence-electron chi connectivity index (χ1n) is 14.9. The molecule has 0 bridgehead atoms. The highest BCUT2D eigenvalue weighted by Crippen LogP contribution is 2.46. The Morgan fingerprint density at radius 2 is 1.73 bits per heavy atom. The third-order valence-electron chi connectivity index (χ3n) is 7.72. The van der Waals surface area contributed by atoms with Crippen molar-refractivity contribution in [3.05, 3.63) is 150 Å². The van der Waals surface area contributed by atoms with Crippen LogP contribution in [0.3, 0.4) is 0 Å². The quantitative estimate of drug-likeness (QED) is 0.0587. The van der Waals surface area contributed by atoms with Gasteiger partial charge in [-0.3, -0.25) is 4.79 Å². The van der Waals surface area contributed by atoms with Gasteiger partial charge in [-0.2, -0.15) is 0 Å². The number of carbonyl (C=O) groups is 1. The highest BCUT2D eigenvalue weighted by molar-refractivity contribution is 6.42. The molecule has 0 aromatic heterocycles. The number of nitrogens with zero attached hydrogens (tertiary/aromatic N) is 7. The lowest BCUT2D eigenvalue weighted by Gasteiger charge is -2.32. The number of ether oxygens (including phenoxy) is 2. The highest BCUT2D eigenvalue weighted by Gasteiger charge is 2.54. The second-order valence-electron chi connectivity index (χ2n) is 10.8. The Morgan fingerprint density at radius 3 is 2.46 bits per heavy atom. The number of nitrogens with one attached hydrogen (secondary N) is 1. The minimum absolute atomic E-state index is 0.0165. The summed E-state index contributed by atoms with van der Waals surface area (Å²) in [7, 11) is 0. The zero-order chi connectivity index (χ0) is 33.9. The van der Waals surface area contributed by atoms with Crippen LogP contribution in [0.2, 0.25) is 10.0 Å². The van der Waals surface area contributed by atoms with Crippen molar-refractivity contribution in [1.82, 2.24) is 5.32 Å². The van der Waals surface area contributed by atoms with Crippen molar-refractivity contribution in [2.24, 2.45) is 15.2 Å². The average molecular weight is 686 g/mol. The molecule has 0 saturated carbocycles. The van der Waals surface area contributed by atoms with Crippen LogP contribution in [0.25, 0.3) is 20.9 Å². The van der Waals surface area contributed by atoms with Crippen molar-refractivity contribution in [1.29, 1.82) is 0 Å². The van der Waals surface area contributed by atoms with E-state index in [-0.39, 0.29) is 37.7 Å². The smallest absolute Gasteiger partial charge is 0.252 e. The van der Waals surface area contributed by atoms with Gasteiger partial charge in [-0.05, 0) is 64.2 Å². The zero-order valence-electron chi connectivity index (χ0n) is 25.5. The van der Waals surface area contributed by atoms with Gasteiger partial charge in [0.15, 0.2) is 11.6 Å². The van der Waals surface area contributed by atoms with E-state index in [1.54, 1.807) is 66.7 Å². The maximum Gasteiger partial charge on any atom is 0.252 e. The fraction of sp³-hybridized carbons (Fsp3) is 0.235. The number of aliphatic hydroxyl groups is 1. The molecule has 14 heteroatoms. The minimum Gasteiger partial charge on any atom is -0.494 e. The molecule has 1 aliphatic rings. The summed E-state index contributed by atoms with van der Waals surface area (Å²) >= 11 is 12.4. The molecular formula is C34H30Cl2N8O4. The first-order chi connectivity index (χ1) is 23.4. The van der Waals surface area contributed by atoms with E-state index in [2.05, 4.69) is 25.4 Å². The monoisotopic (exact) mass is 684 g/mol. The normalized spacial score (nSPS) is 16.6. The van der Waals surface area contributed by atoms with Crippen LogP contribution in [0, 0.1) is 0 Å². The number of aliphatic hydroxyl groups excluding tert-OH is 1. The van der Waals surface area contributed by atoms with Crippen LogP contribution in [0.15, 0.2) is 106 Å². The molecule has 4 aromatic carbocycles. The SMILES string of the molecule is [N-]=[N+]=NCc1ccccc1C[C@@]1(C(=O)NCc2ccc(Cl)c(Cl)c2)N=C(c2ccc(OCCCO)cc2)O[C@@H]1c1ccccc1N=[N+]=[N-]. The van der Waals surface area contributed by atoms with Crippen LogP contribution in [-0.2, 0) is 29.0 Å². The molecule has 2 atom stereocenters. The fourth-order valence-corrected chi connectivity index (χ4v) is 5.70. The molecule has 48 heavy (non-hydrogen) atoms. The highest BCUT2D eigenvalue weighted by atomic mass is 35.5. The van der Waals surface area contributed by atoms with E-state index in [1.807, 2.05) is 24.3 Å². The first kappa shape index (κ1) is 34.1. The van der Waals surface area contributed by atoms with Crippen LogP contribution < -0.4 is 10.1 Å². The maximum atomic E-state index is 14.7. The number of amides is 1. The van der Waals surface area contributed by atoms with Crippen LogP contribution in [0.4, 0.5) is 5.69 Å². The summed E-state index contributed by atoms with van der Waals surface area (Å²) in [5.41, 5.74) is 20.2. The van der Waals surface area contributed by atoms with Crippen LogP contribution in [0.1, 0.15) is 40.3 Å². The number of halogens is 2. The van der Waals surface area contributed by atoms with Gasteiger partial charge in [0.2, 0.25) is 5.90 Å². The predicted octanol–water partition coefficient (Wildman–Crippen LogP) is 8.32. The second kappa shape index (κ2) is 16.1. The maximum absolute atomic E-state index is 14.7. The summed E-state index contributed by atoms with van der Waals surface area (Å²) in [6.07, 6.45) is -0.514. The fourth-order valence-electron chi connectivity index (χ4n) is 5.38. The summed E-state index contributed by atoms with van der Waals surface area (Å²) in [6.45, 7) is 0.529. The Balaban J connectivity index is 1.64. The molecule has 0 radical (unpaired) electrons. The number of azide groups is 2. The molecule has 1 amide bonds. The average Bonchev–Trinajstić information content (AvgIpc) is 3.49. The number of benzene rings is 4. The Labute approximate surface area is 286 Å². The summed E-state index contributed by atoms with van der Waals surface area (Å²) in [4.78, 5) is 25.6. The second-order valence-corrected chi connectivity index (χ2v) is 11.6. The van der Waals surface area contributed by atoms with Gasteiger partial charge in [0.05, 0.1) is 23.2 Å². The van der Waals surface area contributed by atoms with Gasteiger partial charge in [0.1, 0.15) is 5.75 Å². The molecule has 0 fully saturated rings. The first-order valence-corrected chi connectivity index (χ1v) is 15.7. The number of hydrogen-bond donors (Lipinski definition) is 2. The van der Waals surface area contributed by atoms with Crippen LogP contribution in [0.5, 0.6) is 5.75 Å². The van der Waals surface area contributed by atoms with E-state index in [0.29, 0.717) is 56.6 Å². The Hall–Kier alpha value is -5.22. The molecule has 0 unspecified atom stereocenters. The van der Waals surface area contributed by atoms with Crippen molar-refractivity contribution in [3.63, 3.8) is 0 Å². The van der Waals surface area contributed by atoms with Gasteiger partial charge in [0.25, 0.3) is 5.91 Å². The lowest BCUT2D eigenvalue weighted by molar-refractivity contribution is -0.129. The van der Waals surface area contributed by atoms with Gasteiger partial charge in [-0.25, -0.2) is 4.99 Å². The third kappa shape index (κ3) is 7.83. The molecule has 0 spiro atoms. The van der Waals surface area contributed by atoms with Crippen LogP contribution in [-0.4, -0.2) is 35.7 Å². The van der Waals surface area contributed by atoms with Crippen LogP contribution >= 0.6 is 23.2 Å². The number of carbonyl (C=O) groups excluding carboxylic acids is 1. The van der Waals surface area contributed by atoms with Crippen molar-refractivity contribution in [3.8, 4) is 5.75 Å². The topological polar surface area (TPSA) is 178 Å². The van der Waals surface area contributed by atoms with E-state index in [0.717, 1.165) is 0 Å². The zero-order valence-corrected chi connectivity index (χ0v) is 27.1. The number of hydrogen-bond acceptors (Lipinski definition) is 7. The van der Waals surface area contributed by atoms with E-state index in [9.17, 15) is 10.3 Å². The van der Waals surface area contributed by atoms with Crippen molar-refractivity contribution in [2.75, 3.05) is 13.2 Å². The molecule has 1 aliphatic heterocycles. The molecule has 1 heterocycles. The molecule has 12 nitrogen and oxygen atoms in total. The van der Waals surface area contributed by atoms with Gasteiger partial charge in [-0.1, -0.05) is 88.0 Å². The molecule has 0 saturated heterocycles. The van der Waals surface area contributed by atoms with Crippen molar-refractivity contribution >= 4 is 40.7 Å². The molecule has 2 N–H and O–H groups in total. The Morgan fingerprint density at radius 1 is 0.979 bits per heavy atom. The Kier molecular flexibility index (Phi) is 11.4. The van der Waals surface area contributed by atoms with Gasteiger partial charge in [-0.15, -0.1) is 0 Å². The molecule has 244 valence electrons. The lowest BCUT2D eigenvalue weighted by atomic mass is 9.80. The largest absolute Gasteiger partial charge is 0.494 e. The molecule has 5 rings (SSSR count). The molecular weight excluding hydrogens is 655 g/mol.